The lowest BCUT2D eigenvalue weighted by Gasteiger charge is -2.07. The summed E-state index contributed by atoms with van der Waals surface area (Å²) in [6, 6.07) is 7.19. The number of carbonyl (C=O) groups is 2. The summed E-state index contributed by atoms with van der Waals surface area (Å²) in [5.74, 6) is -1.73. The Morgan fingerprint density at radius 1 is 1.39 bits per heavy atom. The molecule has 6 heteroatoms. The van der Waals surface area contributed by atoms with E-state index in [-0.39, 0.29) is 0 Å². The maximum atomic E-state index is 11.4. The van der Waals surface area contributed by atoms with E-state index in [0.717, 1.165) is 9.86 Å². The van der Waals surface area contributed by atoms with Crippen LogP contribution in [-0.4, -0.2) is 22.0 Å². The molecule has 0 spiro atoms. The van der Waals surface area contributed by atoms with Crippen LogP contribution in [0.3, 0.4) is 0 Å². The Hall–Kier alpha value is -1.95. The minimum absolute atomic E-state index is 0.506. The lowest BCUT2D eigenvalue weighted by molar-refractivity contribution is -0.139. The Morgan fingerprint density at radius 3 is 2.89 bits per heavy atom. The van der Waals surface area contributed by atoms with Crippen LogP contribution >= 0.6 is 15.9 Å². The summed E-state index contributed by atoms with van der Waals surface area (Å²) < 4.78 is 0.837. The predicted molar refractivity (Wildman–Crippen MR) is 70.3 cm³/mol. The summed E-state index contributed by atoms with van der Waals surface area (Å²) in [5.41, 5.74) is 1.13. The van der Waals surface area contributed by atoms with E-state index in [1.165, 1.54) is 0 Å². The Labute approximate surface area is 111 Å². The minimum Gasteiger partial charge on any atom is -0.481 e. The van der Waals surface area contributed by atoms with Crippen LogP contribution in [0.1, 0.15) is 6.42 Å². The van der Waals surface area contributed by atoms with Crippen molar-refractivity contribution < 1.29 is 14.7 Å². The molecule has 2 rings (SSSR count). The number of amides is 1. The van der Waals surface area contributed by atoms with E-state index < -0.39 is 18.3 Å². The van der Waals surface area contributed by atoms with Crippen molar-refractivity contribution >= 4 is 44.4 Å². The van der Waals surface area contributed by atoms with Gasteiger partial charge in [0.15, 0.2) is 0 Å². The largest absolute Gasteiger partial charge is 0.481 e. The first-order valence-corrected chi connectivity index (χ1v) is 5.91. The number of rotatable bonds is 3. The number of anilines is 1. The van der Waals surface area contributed by atoms with Gasteiger partial charge in [-0.1, -0.05) is 12.1 Å². The molecule has 0 aliphatic carbocycles. The molecule has 0 saturated heterocycles. The molecular weight excluding hydrogens is 300 g/mol. The summed E-state index contributed by atoms with van der Waals surface area (Å²) in [4.78, 5) is 26.0. The first-order chi connectivity index (χ1) is 8.56. The van der Waals surface area contributed by atoms with Crippen LogP contribution in [0.5, 0.6) is 0 Å². The minimum atomic E-state index is -1.16. The number of carboxylic acid groups (broad SMARTS) is 1. The fraction of sp³-hybridized carbons (Fsp3) is 0.0833. The molecule has 0 fully saturated rings. The molecule has 2 N–H and O–H groups in total. The summed E-state index contributed by atoms with van der Waals surface area (Å²) >= 11 is 3.31. The second kappa shape index (κ2) is 5.14. The second-order valence-electron chi connectivity index (χ2n) is 3.65. The topological polar surface area (TPSA) is 79.3 Å². The van der Waals surface area contributed by atoms with Crippen LogP contribution in [0.25, 0.3) is 10.9 Å². The highest BCUT2D eigenvalue weighted by molar-refractivity contribution is 9.10. The average molecular weight is 309 g/mol. The molecule has 1 amide bonds. The zero-order valence-electron chi connectivity index (χ0n) is 9.18. The first kappa shape index (κ1) is 12.5. The first-order valence-electron chi connectivity index (χ1n) is 5.12. The van der Waals surface area contributed by atoms with Crippen LogP contribution in [0.4, 0.5) is 5.69 Å². The summed E-state index contributed by atoms with van der Waals surface area (Å²) in [6.45, 7) is 0. The van der Waals surface area contributed by atoms with Crippen molar-refractivity contribution in [3.63, 3.8) is 0 Å². The molecule has 5 nitrogen and oxygen atoms in total. The SMILES string of the molecule is O=C(O)CC(=O)Nc1cccc2cc(Br)cnc12. The summed E-state index contributed by atoms with van der Waals surface area (Å²) in [7, 11) is 0. The molecule has 0 saturated carbocycles. The number of hydrogen-bond donors (Lipinski definition) is 2. The highest BCUT2D eigenvalue weighted by Gasteiger charge is 2.10. The van der Waals surface area contributed by atoms with E-state index in [4.69, 9.17) is 5.11 Å². The number of aromatic nitrogens is 1. The van der Waals surface area contributed by atoms with E-state index in [1.54, 1.807) is 18.3 Å². The van der Waals surface area contributed by atoms with Crippen LogP contribution in [0.15, 0.2) is 34.9 Å². The van der Waals surface area contributed by atoms with Crippen molar-refractivity contribution in [2.24, 2.45) is 0 Å². The molecule has 0 unspecified atom stereocenters. The van der Waals surface area contributed by atoms with Crippen LogP contribution in [0.2, 0.25) is 0 Å². The molecule has 0 bridgehead atoms. The maximum absolute atomic E-state index is 11.4. The maximum Gasteiger partial charge on any atom is 0.312 e. The van der Waals surface area contributed by atoms with Gasteiger partial charge in [0.25, 0.3) is 0 Å². The van der Waals surface area contributed by atoms with E-state index in [0.29, 0.717) is 11.2 Å². The Balaban J connectivity index is 2.34. The summed E-state index contributed by atoms with van der Waals surface area (Å²) in [5, 5.41) is 11.9. The van der Waals surface area contributed by atoms with Crippen molar-refractivity contribution in [2.75, 3.05) is 5.32 Å². The predicted octanol–water partition coefficient (Wildman–Crippen LogP) is 2.41. The monoisotopic (exact) mass is 308 g/mol. The highest BCUT2D eigenvalue weighted by Crippen LogP contribution is 2.23. The fourth-order valence-corrected chi connectivity index (χ4v) is 1.92. The third-order valence-corrected chi connectivity index (χ3v) is 2.70. The van der Waals surface area contributed by atoms with Crippen LogP contribution in [0, 0.1) is 0 Å². The van der Waals surface area contributed by atoms with Gasteiger partial charge in [-0.3, -0.25) is 14.6 Å². The van der Waals surface area contributed by atoms with E-state index >= 15 is 0 Å². The van der Waals surface area contributed by atoms with Crippen LogP contribution in [-0.2, 0) is 9.59 Å². The number of nitrogens with zero attached hydrogens (tertiary/aromatic N) is 1. The number of carboxylic acids is 1. The fourth-order valence-electron chi connectivity index (χ4n) is 1.57. The Morgan fingerprint density at radius 2 is 2.17 bits per heavy atom. The normalized spacial score (nSPS) is 10.3. The molecular formula is C12H9BrN2O3. The van der Waals surface area contributed by atoms with Gasteiger partial charge in [-0.2, -0.15) is 0 Å². The number of halogens is 1. The Kier molecular flexibility index (Phi) is 3.57. The molecule has 1 aromatic carbocycles. The molecule has 0 atom stereocenters. The average Bonchev–Trinajstić information content (AvgIpc) is 2.27. The van der Waals surface area contributed by atoms with Crippen molar-refractivity contribution in [2.45, 2.75) is 6.42 Å². The lowest BCUT2D eigenvalue weighted by atomic mass is 10.2. The molecule has 0 radical (unpaired) electrons. The van der Waals surface area contributed by atoms with Crippen molar-refractivity contribution in [3.05, 3.63) is 34.9 Å². The standard InChI is InChI=1S/C12H9BrN2O3/c13-8-4-7-2-1-3-9(12(7)14-6-8)15-10(16)5-11(17)18/h1-4,6H,5H2,(H,15,16)(H,17,18). The van der Waals surface area contributed by atoms with E-state index in [1.807, 2.05) is 12.1 Å². The van der Waals surface area contributed by atoms with Gasteiger partial charge < -0.3 is 10.4 Å². The van der Waals surface area contributed by atoms with Crippen LogP contribution < -0.4 is 5.32 Å². The van der Waals surface area contributed by atoms with Gasteiger partial charge in [0, 0.05) is 16.1 Å². The highest BCUT2D eigenvalue weighted by atomic mass is 79.9. The zero-order chi connectivity index (χ0) is 13.1. The molecule has 18 heavy (non-hydrogen) atoms. The van der Waals surface area contributed by atoms with Crippen molar-refractivity contribution in [3.8, 4) is 0 Å². The molecule has 2 aromatic rings. The number of benzene rings is 1. The quantitative estimate of drug-likeness (QED) is 0.853. The second-order valence-corrected chi connectivity index (χ2v) is 4.57. The molecule has 1 heterocycles. The van der Waals surface area contributed by atoms with Gasteiger partial charge in [0.2, 0.25) is 5.91 Å². The van der Waals surface area contributed by atoms with Crippen molar-refractivity contribution in [1.82, 2.24) is 4.98 Å². The van der Waals surface area contributed by atoms with E-state index in [2.05, 4.69) is 26.2 Å². The molecule has 1 aromatic heterocycles. The van der Waals surface area contributed by atoms with Gasteiger partial charge in [0.05, 0.1) is 11.2 Å². The smallest absolute Gasteiger partial charge is 0.312 e. The lowest BCUT2D eigenvalue weighted by Crippen LogP contribution is -2.16. The number of pyridine rings is 1. The van der Waals surface area contributed by atoms with Gasteiger partial charge in [-0.25, -0.2) is 0 Å². The van der Waals surface area contributed by atoms with Crippen molar-refractivity contribution in [1.29, 1.82) is 0 Å². The van der Waals surface area contributed by atoms with Gasteiger partial charge in [-0.15, -0.1) is 0 Å². The number of hydrogen-bond acceptors (Lipinski definition) is 3. The number of carbonyl (C=O) groups excluding carboxylic acids is 1. The van der Waals surface area contributed by atoms with E-state index in [9.17, 15) is 9.59 Å². The number of nitrogens with one attached hydrogen (secondary N) is 1. The van der Waals surface area contributed by atoms with Gasteiger partial charge in [-0.05, 0) is 28.1 Å². The number of aliphatic carboxylic acids is 1. The summed E-state index contributed by atoms with van der Waals surface area (Å²) in [6.07, 6.45) is 1.06. The number of fused-ring (bicyclic) bond motifs is 1. The molecule has 0 aliphatic heterocycles. The number of para-hydroxylation sites is 1. The zero-order valence-corrected chi connectivity index (χ0v) is 10.8. The third kappa shape index (κ3) is 2.84. The van der Waals surface area contributed by atoms with Gasteiger partial charge in [0.1, 0.15) is 6.42 Å². The Bertz CT molecular complexity index is 628. The van der Waals surface area contributed by atoms with Gasteiger partial charge >= 0.3 is 5.97 Å². The molecule has 92 valence electrons. The molecule has 0 aliphatic rings. The third-order valence-electron chi connectivity index (χ3n) is 2.26.